The maximum atomic E-state index is 12.2. The predicted octanol–water partition coefficient (Wildman–Crippen LogP) is 4.63. The van der Waals surface area contributed by atoms with Crippen molar-refractivity contribution >= 4 is 39.3 Å². The van der Waals surface area contributed by atoms with Crippen molar-refractivity contribution in [1.29, 1.82) is 5.26 Å². The van der Waals surface area contributed by atoms with Crippen LogP contribution in [-0.4, -0.2) is 10.8 Å². The number of halogens is 1. The molecule has 6 nitrogen and oxygen atoms in total. The molecule has 0 radical (unpaired) electrons. The molecule has 0 unspecified atom stereocenters. The van der Waals surface area contributed by atoms with Crippen LogP contribution in [0.25, 0.3) is 0 Å². The second-order valence-electron chi connectivity index (χ2n) is 5.93. The van der Waals surface area contributed by atoms with E-state index in [-0.39, 0.29) is 23.9 Å². The highest BCUT2D eigenvalue weighted by Gasteiger charge is 2.29. The number of non-ortho nitro benzene ring substituents is 1. The summed E-state index contributed by atoms with van der Waals surface area (Å²) in [6.45, 7) is 0. The average molecular weight is 444 g/mol. The summed E-state index contributed by atoms with van der Waals surface area (Å²) < 4.78 is 0.892. The minimum absolute atomic E-state index is 0.0290. The minimum Gasteiger partial charge on any atom is -0.320 e. The Morgan fingerprint density at radius 2 is 2.04 bits per heavy atom. The second kappa shape index (κ2) is 8.37. The topological polar surface area (TPSA) is 96.0 Å². The molecule has 1 heterocycles. The highest BCUT2D eigenvalue weighted by Crippen LogP contribution is 2.37. The Morgan fingerprint density at radius 3 is 2.67 bits per heavy atom. The van der Waals surface area contributed by atoms with E-state index in [0.717, 1.165) is 15.6 Å². The molecule has 0 saturated heterocycles. The van der Waals surface area contributed by atoms with Crippen LogP contribution in [0.1, 0.15) is 23.5 Å². The van der Waals surface area contributed by atoms with Crippen molar-refractivity contribution in [3.05, 3.63) is 84.8 Å². The zero-order chi connectivity index (χ0) is 19.4. The molecule has 0 aromatic heterocycles. The fourth-order valence-corrected chi connectivity index (χ4v) is 4.26. The summed E-state index contributed by atoms with van der Waals surface area (Å²) in [5.74, 6) is 0.0649. The van der Waals surface area contributed by atoms with Gasteiger partial charge in [0.1, 0.15) is 0 Å². The predicted molar refractivity (Wildman–Crippen MR) is 107 cm³/mol. The molecule has 0 saturated carbocycles. The number of carbonyl (C=O) groups is 1. The number of nitro benzene ring substituents is 1. The molecule has 1 atom stereocenters. The van der Waals surface area contributed by atoms with Crippen LogP contribution in [0.5, 0.6) is 0 Å². The van der Waals surface area contributed by atoms with Crippen LogP contribution in [0.3, 0.4) is 0 Å². The number of carbonyl (C=O) groups excluding carboxylic acids is 1. The van der Waals surface area contributed by atoms with Gasteiger partial charge in [0.25, 0.3) is 5.69 Å². The highest BCUT2D eigenvalue weighted by atomic mass is 79.9. The van der Waals surface area contributed by atoms with E-state index in [4.69, 9.17) is 0 Å². The Hall–Kier alpha value is -2.63. The van der Waals surface area contributed by atoms with Crippen LogP contribution in [-0.2, 0) is 10.5 Å². The Morgan fingerprint density at radius 1 is 1.30 bits per heavy atom. The first kappa shape index (κ1) is 19.1. The van der Waals surface area contributed by atoms with Crippen LogP contribution in [0.2, 0.25) is 0 Å². The summed E-state index contributed by atoms with van der Waals surface area (Å²) >= 11 is 4.77. The van der Waals surface area contributed by atoms with Gasteiger partial charge in [-0.3, -0.25) is 14.9 Å². The van der Waals surface area contributed by atoms with E-state index in [0.29, 0.717) is 16.4 Å². The van der Waals surface area contributed by atoms with Gasteiger partial charge in [-0.05, 0) is 23.3 Å². The van der Waals surface area contributed by atoms with Gasteiger partial charge in [0.15, 0.2) is 0 Å². The Balaban J connectivity index is 1.84. The number of benzene rings is 2. The average Bonchev–Trinajstić information content (AvgIpc) is 2.66. The lowest BCUT2D eigenvalue weighted by atomic mass is 9.87. The Bertz CT molecular complexity index is 967. The number of nitriles is 1. The largest absolute Gasteiger partial charge is 0.320 e. The number of hydrogen-bond acceptors (Lipinski definition) is 5. The number of thioether (sulfide) groups is 1. The number of allylic oxidation sites excluding steroid dienone is 1. The first-order chi connectivity index (χ1) is 13.0. The van der Waals surface area contributed by atoms with E-state index in [1.165, 1.54) is 23.9 Å². The molecule has 1 aliphatic rings. The standard InChI is InChI=1S/C19H14BrN3O3S/c20-14-3-1-2-13(8-14)16-9-18(24)22-19(17(16)10-21)27-11-12-4-6-15(7-5-12)23(25)26/h1-8,16H,9,11H2,(H,22,24)/t16-/m1/s1. The normalized spacial score (nSPS) is 16.6. The zero-order valence-corrected chi connectivity index (χ0v) is 16.4. The summed E-state index contributed by atoms with van der Waals surface area (Å²) in [5, 5.41) is 23.8. The smallest absolute Gasteiger partial charge is 0.269 e. The molecule has 2 aromatic rings. The lowest BCUT2D eigenvalue weighted by molar-refractivity contribution is -0.384. The molecule has 0 bridgehead atoms. The summed E-state index contributed by atoms with van der Waals surface area (Å²) in [7, 11) is 0. The summed E-state index contributed by atoms with van der Waals surface area (Å²) in [6.07, 6.45) is 0.223. The third kappa shape index (κ3) is 4.56. The van der Waals surface area contributed by atoms with E-state index < -0.39 is 4.92 Å². The Labute approximate surface area is 168 Å². The van der Waals surface area contributed by atoms with Crippen molar-refractivity contribution in [3.63, 3.8) is 0 Å². The molecule has 1 N–H and O–H groups in total. The summed E-state index contributed by atoms with van der Waals surface area (Å²) in [4.78, 5) is 22.5. The first-order valence-corrected chi connectivity index (χ1v) is 9.81. The minimum atomic E-state index is -0.447. The van der Waals surface area contributed by atoms with Gasteiger partial charge in [-0.25, -0.2) is 0 Å². The van der Waals surface area contributed by atoms with Gasteiger partial charge in [0.2, 0.25) is 5.91 Å². The number of hydrogen-bond donors (Lipinski definition) is 1. The second-order valence-corrected chi connectivity index (χ2v) is 7.83. The molecule has 3 rings (SSSR count). The fourth-order valence-electron chi connectivity index (χ4n) is 2.81. The maximum Gasteiger partial charge on any atom is 0.269 e. The molecule has 27 heavy (non-hydrogen) atoms. The van der Waals surface area contributed by atoms with Crippen molar-refractivity contribution < 1.29 is 9.72 Å². The van der Waals surface area contributed by atoms with Gasteiger partial charge in [0, 0.05) is 34.7 Å². The van der Waals surface area contributed by atoms with Gasteiger partial charge >= 0.3 is 0 Å². The lowest BCUT2D eigenvalue weighted by Crippen LogP contribution is -2.30. The van der Waals surface area contributed by atoms with Crippen LogP contribution < -0.4 is 5.32 Å². The third-order valence-electron chi connectivity index (χ3n) is 4.14. The van der Waals surface area contributed by atoms with Crippen LogP contribution in [0.15, 0.2) is 63.6 Å². The van der Waals surface area contributed by atoms with Crippen molar-refractivity contribution in [2.24, 2.45) is 0 Å². The highest BCUT2D eigenvalue weighted by molar-refractivity contribution is 9.10. The fraction of sp³-hybridized carbons (Fsp3) is 0.158. The van der Waals surface area contributed by atoms with Gasteiger partial charge in [-0.2, -0.15) is 5.26 Å². The van der Waals surface area contributed by atoms with Crippen molar-refractivity contribution in [3.8, 4) is 6.07 Å². The number of nitrogens with zero attached hydrogens (tertiary/aromatic N) is 2. The van der Waals surface area contributed by atoms with Crippen LogP contribution in [0, 0.1) is 21.4 Å². The summed E-state index contributed by atoms with van der Waals surface area (Å²) in [6, 6.07) is 16.1. The van der Waals surface area contributed by atoms with E-state index in [1.807, 2.05) is 24.3 Å². The van der Waals surface area contributed by atoms with Crippen molar-refractivity contribution in [2.45, 2.75) is 18.1 Å². The maximum absolute atomic E-state index is 12.2. The molecular formula is C19H14BrN3O3S. The van der Waals surface area contributed by atoms with Gasteiger partial charge < -0.3 is 5.32 Å². The third-order valence-corrected chi connectivity index (χ3v) is 5.72. The molecule has 2 aromatic carbocycles. The van der Waals surface area contributed by atoms with Gasteiger partial charge in [-0.15, -0.1) is 11.8 Å². The van der Waals surface area contributed by atoms with Crippen molar-refractivity contribution in [1.82, 2.24) is 5.32 Å². The van der Waals surface area contributed by atoms with E-state index >= 15 is 0 Å². The summed E-state index contributed by atoms with van der Waals surface area (Å²) in [5.41, 5.74) is 2.33. The molecule has 136 valence electrons. The molecule has 0 fully saturated rings. The first-order valence-electron chi connectivity index (χ1n) is 8.03. The molecule has 1 aliphatic heterocycles. The van der Waals surface area contributed by atoms with Gasteiger partial charge in [0.05, 0.1) is 21.6 Å². The number of nitro groups is 1. The zero-order valence-electron chi connectivity index (χ0n) is 14.0. The van der Waals surface area contributed by atoms with E-state index in [2.05, 4.69) is 27.3 Å². The molecule has 1 amide bonds. The number of rotatable bonds is 5. The molecule has 0 spiro atoms. The molecule has 0 aliphatic carbocycles. The lowest BCUT2D eigenvalue weighted by Gasteiger charge is -2.25. The van der Waals surface area contributed by atoms with Crippen LogP contribution in [0.4, 0.5) is 5.69 Å². The SMILES string of the molecule is N#CC1=C(SCc2ccc([N+](=O)[O-])cc2)NC(=O)C[C@@H]1c1cccc(Br)c1. The number of amides is 1. The van der Waals surface area contributed by atoms with E-state index in [1.54, 1.807) is 12.1 Å². The number of nitrogens with one attached hydrogen (secondary N) is 1. The molecule has 8 heteroatoms. The van der Waals surface area contributed by atoms with Gasteiger partial charge in [-0.1, -0.05) is 40.2 Å². The quantitative estimate of drug-likeness (QED) is 0.536. The monoisotopic (exact) mass is 443 g/mol. The van der Waals surface area contributed by atoms with E-state index in [9.17, 15) is 20.2 Å². The Kier molecular flexibility index (Phi) is 5.94. The molecular weight excluding hydrogens is 430 g/mol. The van der Waals surface area contributed by atoms with Crippen LogP contribution >= 0.6 is 27.7 Å². The van der Waals surface area contributed by atoms with Crippen molar-refractivity contribution in [2.75, 3.05) is 0 Å².